The van der Waals surface area contributed by atoms with Crippen LogP contribution in [-0.2, 0) is 23.0 Å². The van der Waals surface area contributed by atoms with Gasteiger partial charge in [0.15, 0.2) is 0 Å². The Morgan fingerprint density at radius 1 is 1.19 bits per heavy atom. The Balaban J connectivity index is 2.10. The Morgan fingerprint density at radius 3 is 2.62 bits per heavy atom. The van der Waals surface area contributed by atoms with Gasteiger partial charge in [0, 0.05) is 23.1 Å². The van der Waals surface area contributed by atoms with E-state index >= 15 is 0 Å². The van der Waals surface area contributed by atoms with Crippen molar-refractivity contribution >= 4 is 21.4 Å². The van der Waals surface area contributed by atoms with Crippen molar-refractivity contribution in [2.75, 3.05) is 6.54 Å². The number of benzene rings is 1. The summed E-state index contributed by atoms with van der Waals surface area (Å²) in [5.74, 6) is -1.49. The molecule has 0 saturated heterocycles. The second-order valence-electron chi connectivity index (χ2n) is 4.32. The molecule has 21 heavy (non-hydrogen) atoms. The highest BCUT2D eigenvalue weighted by Gasteiger charge is 2.17. The summed E-state index contributed by atoms with van der Waals surface area (Å²) in [7, 11) is -3.72. The highest BCUT2D eigenvalue weighted by molar-refractivity contribution is 7.91. The zero-order chi connectivity index (χ0) is 15.5. The molecule has 0 saturated carbocycles. The summed E-state index contributed by atoms with van der Waals surface area (Å²) in [6.45, 7) is 0.201. The number of hydrogen-bond acceptors (Lipinski definition) is 4. The number of thiophene rings is 1. The number of hydrogen-bond donors (Lipinski definition) is 2. The van der Waals surface area contributed by atoms with Crippen molar-refractivity contribution in [2.24, 2.45) is 5.73 Å². The van der Waals surface area contributed by atoms with Crippen molar-refractivity contribution in [1.82, 2.24) is 4.72 Å². The summed E-state index contributed by atoms with van der Waals surface area (Å²) in [5.41, 5.74) is 5.49. The smallest absolute Gasteiger partial charge is 0.250 e. The van der Waals surface area contributed by atoms with Crippen molar-refractivity contribution in [1.29, 1.82) is 0 Å². The standard InChI is InChI=1S/C13H14F2N2O2S2/c14-10-2-1-9(12(15)7-10)8-17-21(18,19)13-4-3-11(20-13)5-6-16/h1-4,7,17H,5-6,8,16H2. The summed E-state index contributed by atoms with van der Waals surface area (Å²) in [4.78, 5) is 0.867. The topological polar surface area (TPSA) is 72.2 Å². The first-order valence-corrected chi connectivity index (χ1v) is 8.45. The fourth-order valence-corrected chi connectivity index (χ4v) is 4.11. The van der Waals surface area contributed by atoms with Gasteiger partial charge in [-0.25, -0.2) is 21.9 Å². The van der Waals surface area contributed by atoms with Gasteiger partial charge < -0.3 is 5.73 Å². The van der Waals surface area contributed by atoms with Crippen molar-refractivity contribution < 1.29 is 17.2 Å². The molecule has 0 spiro atoms. The average Bonchev–Trinajstić information content (AvgIpc) is 2.88. The molecule has 1 aromatic heterocycles. The summed E-state index contributed by atoms with van der Waals surface area (Å²) < 4.78 is 52.8. The number of rotatable bonds is 6. The molecule has 2 rings (SSSR count). The van der Waals surface area contributed by atoms with E-state index in [1.165, 1.54) is 12.1 Å². The van der Waals surface area contributed by atoms with E-state index in [4.69, 9.17) is 5.73 Å². The van der Waals surface area contributed by atoms with Crippen LogP contribution in [0, 0.1) is 11.6 Å². The SMILES string of the molecule is NCCc1ccc(S(=O)(=O)NCc2ccc(F)cc2F)s1. The van der Waals surface area contributed by atoms with Crippen LogP contribution in [0.3, 0.4) is 0 Å². The maximum Gasteiger partial charge on any atom is 0.250 e. The predicted octanol–water partition coefficient (Wildman–Crippen LogP) is 2.01. The minimum atomic E-state index is -3.72. The number of nitrogens with two attached hydrogens (primary N) is 1. The summed E-state index contributed by atoms with van der Waals surface area (Å²) in [6.07, 6.45) is 0.604. The van der Waals surface area contributed by atoms with Crippen LogP contribution in [-0.4, -0.2) is 15.0 Å². The monoisotopic (exact) mass is 332 g/mol. The largest absolute Gasteiger partial charge is 0.330 e. The Bertz CT molecular complexity index is 730. The van der Waals surface area contributed by atoms with Crippen LogP contribution in [0.2, 0.25) is 0 Å². The molecule has 1 aromatic carbocycles. The highest BCUT2D eigenvalue weighted by Crippen LogP contribution is 2.22. The lowest BCUT2D eigenvalue weighted by atomic mass is 10.2. The third kappa shape index (κ3) is 4.07. The molecule has 3 N–H and O–H groups in total. The van der Waals surface area contributed by atoms with Gasteiger partial charge in [-0.3, -0.25) is 0 Å². The Morgan fingerprint density at radius 2 is 1.95 bits per heavy atom. The zero-order valence-corrected chi connectivity index (χ0v) is 12.6. The van der Waals surface area contributed by atoms with Crippen molar-refractivity contribution in [3.05, 3.63) is 52.4 Å². The number of halogens is 2. The van der Waals surface area contributed by atoms with E-state index in [0.29, 0.717) is 19.0 Å². The maximum absolute atomic E-state index is 13.4. The first kappa shape index (κ1) is 16.0. The van der Waals surface area contributed by atoms with E-state index in [1.807, 2.05) is 0 Å². The minimum Gasteiger partial charge on any atom is -0.330 e. The molecule has 0 radical (unpaired) electrons. The summed E-state index contributed by atoms with van der Waals surface area (Å²) in [5, 5.41) is 0. The van der Waals surface area contributed by atoms with Crippen molar-refractivity contribution in [3.63, 3.8) is 0 Å². The van der Waals surface area contributed by atoms with Gasteiger partial charge in [0.25, 0.3) is 0 Å². The van der Waals surface area contributed by atoms with E-state index in [-0.39, 0.29) is 16.3 Å². The first-order valence-electron chi connectivity index (χ1n) is 6.15. The second kappa shape index (κ2) is 6.61. The molecule has 1 heterocycles. The molecule has 8 heteroatoms. The molecule has 0 amide bonds. The van der Waals surface area contributed by atoms with E-state index < -0.39 is 21.7 Å². The van der Waals surface area contributed by atoms with Gasteiger partial charge >= 0.3 is 0 Å². The lowest BCUT2D eigenvalue weighted by Gasteiger charge is -2.06. The van der Waals surface area contributed by atoms with Gasteiger partial charge in [-0.1, -0.05) is 6.07 Å². The van der Waals surface area contributed by atoms with Gasteiger partial charge in [0.1, 0.15) is 15.8 Å². The van der Waals surface area contributed by atoms with Gasteiger partial charge in [0.2, 0.25) is 10.0 Å². The van der Waals surface area contributed by atoms with Gasteiger partial charge in [-0.15, -0.1) is 11.3 Å². The highest BCUT2D eigenvalue weighted by atomic mass is 32.2. The molecule has 0 bridgehead atoms. The fraction of sp³-hybridized carbons (Fsp3) is 0.231. The normalized spacial score (nSPS) is 11.8. The third-order valence-corrected chi connectivity index (χ3v) is 5.80. The fourth-order valence-electron chi connectivity index (χ4n) is 1.69. The molecule has 114 valence electrons. The minimum absolute atomic E-state index is 0.0821. The predicted molar refractivity (Wildman–Crippen MR) is 77.5 cm³/mol. The molecular weight excluding hydrogens is 318 g/mol. The summed E-state index contributed by atoms with van der Waals surface area (Å²) in [6, 6.07) is 6.19. The molecule has 0 unspecified atom stereocenters. The molecule has 0 aliphatic carbocycles. The molecule has 2 aromatic rings. The van der Waals surface area contributed by atoms with Gasteiger partial charge in [0.05, 0.1) is 0 Å². The number of nitrogens with one attached hydrogen (secondary N) is 1. The first-order chi connectivity index (χ1) is 9.92. The Labute approximate surface area is 125 Å². The molecule has 4 nitrogen and oxygen atoms in total. The van der Waals surface area contributed by atoms with E-state index in [0.717, 1.165) is 22.3 Å². The van der Waals surface area contributed by atoms with Crippen molar-refractivity contribution in [2.45, 2.75) is 17.2 Å². The Kier molecular flexibility index (Phi) is 5.04. The van der Waals surface area contributed by atoms with Crippen LogP contribution < -0.4 is 10.5 Å². The zero-order valence-electron chi connectivity index (χ0n) is 11.0. The van der Waals surface area contributed by atoms with Crippen molar-refractivity contribution in [3.8, 4) is 0 Å². The lowest BCUT2D eigenvalue weighted by molar-refractivity contribution is 0.563. The molecule has 0 aliphatic rings. The van der Waals surface area contributed by atoms with Crippen LogP contribution in [0.15, 0.2) is 34.5 Å². The van der Waals surface area contributed by atoms with Gasteiger partial charge in [-0.05, 0) is 31.2 Å². The molecular formula is C13H14F2N2O2S2. The third-order valence-electron chi connectivity index (χ3n) is 2.76. The quantitative estimate of drug-likeness (QED) is 0.850. The van der Waals surface area contributed by atoms with Crippen LogP contribution in [0.1, 0.15) is 10.4 Å². The Hall–Kier alpha value is -1.35. The van der Waals surface area contributed by atoms with Crippen LogP contribution >= 0.6 is 11.3 Å². The van der Waals surface area contributed by atoms with Crippen LogP contribution in [0.25, 0.3) is 0 Å². The number of sulfonamides is 1. The molecule has 0 aliphatic heterocycles. The van der Waals surface area contributed by atoms with Crippen LogP contribution in [0.5, 0.6) is 0 Å². The van der Waals surface area contributed by atoms with Crippen LogP contribution in [0.4, 0.5) is 8.78 Å². The molecule has 0 fully saturated rings. The maximum atomic E-state index is 13.4. The van der Waals surface area contributed by atoms with E-state index in [9.17, 15) is 17.2 Å². The average molecular weight is 332 g/mol. The van der Waals surface area contributed by atoms with E-state index in [1.54, 1.807) is 6.07 Å². The lowest BCUT2D eigenvalue weighted by Crippen LogP contribution is -2.23. The van der Waals surface area contributed by atoms with E-state index in [2.05, 4.69) is 4.72 Å². The summed E-state index contributed by atoms with van der Waals surface area (Å²) >= 11 is 1.12. The second-order valence-corrected chi connectivity index (χ2v) is 7.48. The molecule has 0 atom stereocenters. The van der Waals surface area contributed by atoms with Gasteiger partial charge in [-0.2, -0.15) is 0 Å².